The van der Waals surface area contributed by atoms with Crippen molar-refractivity contribution in [3.05, 3.63) is 0 Å². The van der Waals surface area contributed by atoms with Crippen molar-refractivity contribution >= 4 is 0 Å². The minimum absolute atomic E-state index is 0.242. The van der Waals surface area contributed by atoms with Crippen molar-refractivity contribution in [1.29, 1.82) is 0 Å². The van der Waals surface area contributed by atoms with E-state index in [1.54, 1.807) is 12.8 Å². The van der Waals surface area contributed by atoms with Crippen LogP contribution in [0, 0.1) is 35.5 Å². The molecule has 16 heavy (non-hydrogen) atoms. The van der Waals surface area contributed by atoms with E-state index in [0.29, 0.717) is 0 Å². The van der Waals surface area contributed by atoms with E-state index in [4.69, 9.17) is 5.73 Å². The van der Waals surface area contributed by atoms with Gasteiger partial charge in [-0.15, -0.1) is 0 Å². The van der Waals surface area contributed by atoms with E-state index < -0.39 is 0 Å². The van der Waals surface area contributed by atoms with Gasteiger partial charge in [0.1, 0.15) is 0 Å². The van der Waals surface area contributed by atoms with Gasteiger partial charge in [-0.2, -0.15) is 0 Å². The average Bonchev–Trinajstić information content (AvgIpc) is 2.25. The Kier molecular flexibility index (Phi) is 1.89. The number of nitrogens with two attached hydrogens (primary N) is 1. The van der Waals surface area contributed by atoms with Gasteiger partial charge in [0.25, 0.3) is 0 Å². The summed E-state index contributed by atoms with van der Waals surface area (Å²) in [5, 5.41) is 0. The van der Waals surface area contributed by atoms with E-state index in [0.717, 1.165) is 35.5 Å². The molecule has 4 bridgehead atoms. The first-order chi connectivity index (χ1) is 7.65. The monoisotopic (exact) mass is 219 g/mol. The van der Waals surface area contributed by atoms with Crippen LogP contribution in [0.3, 0.4) is 0 Å². The maximum atomic E-state index is 6.68. The molecule has 0 saturated heterocycles. The fourth-order valence-electron chi connectivity index (χ4n) is 6.22. The summed E-state index contributed by atoms with van der Waals surface area (Å²) in [6.07, 6.45) is 10.2. The van der Waals surface area contributed by atoms with Crippen molar-refractivity contribution in [2.75, 3.05) is 0 Å². The van der Waals surface area contributed by atoms with Crippen LogP contribution in [-0.2, 0) is 0 Å². The number of hydrogen-bond acceptors (Lipinski definition) is 1. The first-order valence-corrected chi connectivity index (χ1v) is 7.43. The summed E-state index contributed by atoms with van der Waals surface area (Å²) in [7, 11) is 0. The summed E-state index contributed by atoms with van der Waals surface area (Å²) in [6.45, 7) is 2.49. The summed E-state index contributed by atoms with van der Waals surface area (Å²) >= 11 is 0. The van der Waals surface area contributed by atoms with E-state index in [2.05, 4.69) is 6.92 Å². The second-order valence-corrected chi connectivity index (χ2v) is 7.62. The van der Waals surface area contributed by atoms with Crippen molar-refractivity contribution in [1.82, 2.24) is 0 Å². The van der Waals surface area contributed by atoms with Crippen molar-refractivity contribution < 1.29 is 0 Å². The van der Waals surface area contributed by atoms with Crippen LogP contribution in [0.5, 0.6) is 0 Å². The van der Waals surface area contributed by atoms with E-state index in [1.165, 1.54) is 32.1 Å². The first kappa shape index (κ1) is 9.94. The van der Waals surface area contributed by atoms with Crippen molar-refractivity contribution in [3.63, 3.8) is 0 Å². The highest BCUT2D eigenvalue weighted by Gasteiger charge is 2.55. The minimum Gasteiger partial charge on any atom is -0.325 e. The van der Waals surface area contributed by atoms with E-state index in [-0.39, 0.29) is 5.54 Å². The molecule has 1 heteroatoms. The summed E-state index contributed by atoms with van der Waals surface area (Å²) in [6, 6.07) is 0. The summed E-state index contributed by atoms with van der Waals surface area (Å²) in [5.74, 6) is 6.15. The van der Waals surface area contributed by atoms with Crippen LogP contribution in [0.25, 0.3) is 0 Å². The topological polar surface area (TPSA) is 26.0 Å². The second kappa shape index (κ2) is 3.04. The molecule has 0 spiro atoms. The molecule has 4 aliphatic carbocycles. The van der Waals surface area contributed by atoms with Gasteiger partial charge in [-0.1, -0.05) is 13.3 Å². The molecule has 90 valence electrons. The SMILES string of the molecule is CC1CC2(N)CC3CCC4CC1C(C2)C3C4. The average molecular weight is 219 g/mol. The lowest BCUT2D eigenvalue weighted by atomic mass is 9.45. The molecule has 0 amide bonds. The highest BCUT2D eigenvalue weighted by molar-refractivity contribution is 5.09. The standard InChI is InChI=1S/C15H25N/c1-9-6-15(16)7-11-3-2-10-4-12(9)14(8-15)13(11)5-10/h9-14H,2-8,16H2,1H3. The number of fused-ring (bicyclic) bond motifs is 2. The lowest BCUT2D eigenvalue weighted by molar-refractivity contribution is -0.0963. The van der Waals surface area contributed by atoms with Crippen LogP contribution in [0.15, 0.2) is 0 Å². The van der Waals surface area contributed by atoms with E-state index >= 15 is 0 Å². The summed E-state index contributed by atoms with van der Waals surface area (Å²) in [5.41, 5.74) is 6.92. The Hall–Kier alpha value is -0.0400. The fourth-order valence-corrected chi connectivity index (χ4v) is 6.22. The highest BCUT2D eigenvalue weighted by Crippen LogP contribution is 2.61. The molecule has 0 aliphatic heterocycles. The quantitative estimate of drug-likeness (QED) is 0.665. The van der Waals surface area contributed by atoms with Gasteiger partial charge in [0.2, 0.25) is 0 Å². The molecule has 7 atom stereocenters. The lowest BCUT2D eigenvalue weighted by Crippen LogP contribution is -2.60. The van der Waals surface area contributed by atoms with Crippen LogP contribution < -0.4 is 5.73 Å². The van der Waals surface area contributed by atoms with Crippen LogP contribution in [0.2, 0.25) is 0 Å². The molecule has 1 nitrogen and oxygen atoms in total. The molecule has 0 aromatic heterocycles. The molecule has 0 heterocycles. The van der Waals surface area contributed by atoms with Gasteiger partial charge in [0.15, 0.2) is 0 Å². The Bertz CT molecular complexity index is 307. The van der Waals surface area contributed by atoms with Crippen molar-refractivity contribution in [2.45, 2.75) is 57.4 Å². The fraction of sp³-hybridized carbons (Fsp3) is 1.00. The Morgan fingerprint density at radius 2 is 1.75 bits per heavy atom. The van der Waals surface area contributed by atoms with Crippen LogP contribution in [0.1, 0.15) is 51.9 Å². The Labute approximate surface area is 99.2 Å². The molecule has 2 N–H and O–H groups in total. The zero-order valence-electron chi connectivity index (χ0n) is 10.5. The first-order valence-electron chi connectivity index (χ1n) is 7.43. The molecule has 0 aromatic carbocycles. The third kappa shape index (κ3) is 1.21. The van der Waals surface area contributed by atoms with Gasteiger partial charge < -0.3 is 5.73 Å². The zero-order chi connectivity index (χ0) is 10.9. The van der Waals surface area contributed by atoms with Crippen LogP contribution in [0.4, 0.5) is 0 Å². The summed E-state index contributed by atoms with van der Waals surface area (Å²) < 4.78 is 0. The molecule has 4 aliphatic rings. The maximum absolute atomic E-state index is 6.68. The molecular formula is C15H25N. The van der Waals surface area contributed by atoms with Gasteiger partial charge in [-0.3, -0.25) is 0 Å². The second-order valence-electron chi connectivity index (χ2n) is 7.62. The Balaban J connectivity index is 1.75. The molecular weight excluding hydrogens is 194 g/mol. The van der Waals surface area contributed by atoms with Gasteiger partial charge in [0, 0.05) is 5.54 Å². The lowest BCUT2D eigenvalue weighted by Gasteiger charge is -2.61. The molecule has 7 unspecified atom stereocenters. The Morgan fingerprint density at radius 3 is 2.62 bits per heavy atom. The van der Waals surface area contributed by atoms with Gasteiger partial charge in [-0.25, -0.2) is 0 Å². The molecule has 4 rings (SSSR count). The third-order valence-corrected chi connectivity index (χ3v) is 6.63. The van der Waals surface area contributed by atoms with E-state index in [1.807, 2.05) is 0 Å². The maximum Gasteiger partial charge on any atom is 0.0162 e. The van der Waals surface area contributed by atoms with Crippen molar-refractivity contribution in [3.8, 4) is 0 Å². The van der Waals surface area contributed by atoms with E-state index in [9.17, 15) is 0 Å². The predicted molar refractivity (Wildman–Crippen MR) is 65.9 cm³/mol. The summed E-state index contributed by atoms with van der Waals surface area (Å²) in [4.78, 5) is 0. The van der Waals surface area contributed by atoms with Gasteiger partial charge in [0.05, 0.1) is 0 Å². The minimum atomic E-state index is 0.242. The smallest absolute Gasteiger partial charge is 0.0162 e. The molecule has 0 aromatic rings. The molecule has 4 fully saturated rings. The van der Waals surface area contributed by atoms with Crippen LogP contribution in [-0.4, -0.2) is 5.54 Å². The number of rotatable bonds is 0. The van der Waals surface area contributed by atoms with Crippen LogP contribution >= 0.6 is 0 Å². The van der Waals surface area contributed by atoms with Gasteiger partial charge >= 0.3 is 0 Å². The largest absolute Gasteiger partial charge is 0.325 e. The highest BCUT2D eigenvalue weighted by atomic mass is 14.8. The molecule has 4 saturated carbocycles. The normalized spacial score (nSPS) is 63.4. The van der Waals surface area contributed by atoms with Gasteiger partial charge in [-0.05, 0) is 74.0 Å². The Morgan fingerprint density at radius 1 is 0.938 bits per heavy atom. The predicted octanol–water partition coefficient (Wildman–Crippen LogP) is 3.19. The number of hydrogen-bond donors (Lipinski definition) is 1. The zero-order valence-corrected chi connectivity index (χ0v) is 10.5. The molecule has 0 radical (unpaired) electrons. The van der Waals surface area contributed by atoms with Crippen molar-refractivity contribution in [2.24, 2.45) is 41.2 Å². The third-order valence-electron chi connectivity index (χ3n) is 6.63.